The van der Waals surface area contributed by atoms with E-state index in [-0.39, 0.29) is 25.2 Å². The number of carbonyl (C=O) groups excluding carboxylic acids is 2. The van der Waals surface area contributed by atoms with Gasteiger partial charge in [-0.3, -0.25) is 9.59 Å². The second-order valence-corrected chi connectivity index (χ2v) is 20.6. The van der Waals surface area contributed by atoms with E-state index in [0.717, 1.165) is 62.9 Å². The van der Waals surface area contributed by atoms with Crippen LogP contribution in [-0.2, 0) is 35.4 Å². The maximum absolute atomic E-state index is 12.5. The molecule has 0 radical (unpaired) electrons. The van der Waals surface area contributed by atoms with Crippen molar-refractivity contribution in [2.24, 2.45) is 0 Å². The molecular weight excluding hydrogens is 555 g/mol. The first-order valence-corrected chi connectivity index (χ1v) is 20.5. The van der Waals surface area contributed by atoms with E-state index in [4.69, 9.17) is 25.8 Å². The fourth-order valence-electron chi connectivity index (χ4n) is 4.09. The minimum Gasteiger partial charge on any atom is -0.462 e. The van der Waals surface area contributed by atoms with Crippen molar-refractivity contribution in [3.63, 3.8) is 0 Å². The van der Waals surface area contributed by atoms with E-state index in [1.165, 1.54) is 51.4 Å². The van der Waals surface area contributed by atoms with Crippen molar-refractivity contribution in [1.82, 2.24) is 0 Å². The van der Waals surface area contributed by atoms with Crippen LogP contribution in [0, 0.1) is 0 Å². The van der Waals surface area contributed by atoms with Gasteiger partial charge in [0.15, 0.2) is 10.8 Å². The molecular formula is C29H51O5PS3. The van der Waals surface area contributed by atoms with Crippen LogP contribution in [0.4, 0.5) is 0 Å². The highest BCUT2D eigenvalue weighted by Gasteiger charge is 2.28. The first-order valence-electron chi connectivity index (χ1n) is 14.6. The fraction of sp³-hybridized carbons (Fsp3) is 0.793. The number of allylic oxidation sites excluding steroid dienone is 2. The number of esters is 2. The van der Waals surface area contributed by atoms with Gasteiger partial charge >= 0.3 is 11.9 Å². The van der Waals surface area contributed by atoms with Crippen LogP contribution in [0.5, 0.6) is 0 Å². The van der Waals surface area contributed by atoms with E-state index in [9.17, 15) is 9.59 Å². The summed E-state index contributed by atoms with van der Waals surface area (Å²) in [5.74, 6) is 1.49. The van der Waals surface area contributed by atoms with Crippen LogP contribution in [0.15, 0.2) is 25.3 Å². The molecule has 38 heavy (non-hydrogen) atoms. The minimum absolute atomic E-state index is 0.0310. The zero-order chi connectivity index (χ0) is 27.7. The van der Waals surface area contributed by atoms with Crippen LogP contribution >= 0.6 is 27.4 Å². The van der Waals surface area contributed by atoms with Gasteiger partial charge in [-0.2, -0.15) is 0 Å². The Morgan fingerprint density at radius 1 is 0.711 bits per heavy atom. The van der Waals surface area contributed by atoms with E-state index in [1.54, 1.807) is 22.8 Å². The number of hydrogen-bond acceptors (Lipinski definition) is 8. The molecule has 1 heterocycles. The average molecular weight is 607 g/mol. The largest absolute Gasteiger partial charge is 0.462 e. The number of unbranched alkanes of at least 4 members (excludes halogenated alkanes) is 14. The molecule has 0 saturated carbocycles. The summed E-state index contributed by atoms with van der Waals surface area (Å²) < 4.78 is 15.2. The van der Waals surface area contributed by atoms with Gasteiger partial charge in [-0.15, -0.1) is 13.2 Å². The molecule has 0 bridgehead atoms. The van der Waals surface area contributed by atoms with E-state index in [2.05, 4.69) is 13.2 Å². The second kappa shape index (κ2) is 24.5. The van der Waals surface area contributed by atoms with Gasteiger partial charge in [-0.1, -0.05) is 99.1 Å². The third-order valence-electron chi connectivity index (χ3n) is 6.31. The normalized spacial score (nSPS) is 15.2. The molecule has 1 saturated heterocycles. The molecule has 1 aliphatic heterocycles. The molecule has 0 spiro atoms. The van der Waals surface area contributed by atoms with Crippen molar-refractivity contribution in [3.05, 3.63) is 25.3 Å². The Morgan fingerprint density at radius 2 is 1.16 bits per heavy atom. The summed E-state index contributed by atoms with van der Waals surface area (Å²) in [6, 6.07) is 0. The third kappa shape index (κ3) is 20.6. The van der Waals surface area contributed by atoms with Crippen LogP contribution in [0.1, 0.15) is 116 Å². The summed E-state index contributed by atoms with van der Waals surface area (Å²) in [6.07, 6.45) is 22.1. The van der Waals surface area contributed by atoms with Crippen molar-refractivity contribution >= 4 is 51.2 Å². The highest BCUT2D eigenvalue weighted by Crippen LogP contribution is 2.74. The first-order chi connectivity index (χ1) is 18.5. The van der Waals surface area contributed by atoms with Crippen molar-refractivity contribution in [1.29, 1.82) is 0 Å². The minimum atomic E-state index is -1.97. The predicted molar refractivity (Wildman–Crippen MR) is 169 cm³/mol. The number of hydrogen-bond donors (Lipinski definition) is 0. The molecule has 0 amide bonds. The van der Waals surface area contributed by atoms with Crippen molar-refractivity contribution in [2.45, 2.75) is 122 Å². The zero-order valence-electron chi connectivity index (χ0n) is 23.4. The van der Waals surface area contributed by atoms with Crippen LogP contribution in [0.25, 0.3) is 0 Å². The Morgan fingerprint density at radius 3 is 1.66 bits per heavy atom. The standard InChI is InChI=1S/C29H51O5PS3/c1-3-5-7-9-11-13-15-17-19-21-28(30)32-25-27(26-33-35(36)37-23-24-38-35)34-29(31)22-20-18-16-14-12-10-8-6-4-2/h3-4,27H,1-2,5-26H2/t27-/m1/s1. The molecule has 1 atom stereocenters. The molecule has 0 aromatic rings. The predicted octanol–water partition coefficient (Wildman–Crippen LogP) is 9.56. The monoisotopic (exact) mass is 606 g/mol. The Kier molecular flexibility index (Phi) is 23.1. The Balaban J connectivity index is 2.26. The summed E-state index contributed by atoms with van der Waals surface area (Å²) in [4.78, 5) is 24.8. The molecule has 0 N–H and O–H groups in total. The van der Waals surface area contributed by atoms with Gasteiger partial charge in [0.05, 0.1) is 6.61 Å². The van der Waals surface area contributed by atoms with E-state index in [1.807, 2.05) is 12.2 Å². The molecule has 0 aliphatic carbocycles. The van der Waals surface area contributed by atoms with E-state index in [0.29, 0.717) is 12.8 Å². The molecule has 1 rings (SSSR count). The number of ether oxygens (including phenoxy) is 2. The molecule has 0 aromatic heterocycles. The summed E-state index contributed by atoms with van der Waals surface area (Å²) in [5.41, 5.74) is 0. The summed E-state index contributed by atoms with van der Waals surface area (Å²) >= 11 is 9.04. The van der Waals surface area contributed by atoms with Crippen molar-refractivity contribution < 1.29 is 23.6 Å². The Bertz CT molecular complexity index is 694. The summed E-state index contributed by atoms with van der Waals surface area (Å²) in [6.45, 7) is 7.73. The lowest BCUT2D eigenvalue weighted by Gasteiger charge is -2.21. The number of carbonyl (C=O) groups is 2. The highest BCUT2D eigenvalue weighted by atomic mass is 33.2. The lowest BCUT2D eigenvalue weighted by atomic mass is 10.1. The summed E-state index contributed by atoms with van der Waals surface area (Å²) in [5, 5.41) is 0. The van der Waals surface area contributed by atoms with Gasteiger partial charge in [-0.25, -0.2) is 0 Å². The maximum atomic E-state index is 12.5. The van der Waals surface area contributed by atoms with Crippen molar-refractivity contribution in [2.75, 3.05) is 24.7 Å². The molecule has 0 unspecified atom stereocenters. The average Bonchev–Trinajstić information content (AvgIpc) is 3.34. The van der Waals surface area contributed by atoms with Crippen LogP contribution in [-0.4, -0.2) is 42.8 Å². The molecule has 0 aromatic carbocycles. The second-order valence-electron chi connectivity index (χ2n) is 9.81. The number of rotatable bonds is 26. The van der Waals surface area contributed by atoms with Gasteiger partial charge in [-0.05, 0) is 50.3 Å². The van der Waals surface area contributed by atoms with Gasteiger partial charge in [0, 0.05) is 24.3 Å². The van der Waals surface area contributed by atoms with Crippen LogP contribution in [0.3, 0.4) is 0 Å². The topological polar surface area (TPSA) is 61.8 Å². The van der Waals surface area contributed by atoms with Crippen molar-refractivity contribution in [3.8, 4) is 0 Å². The molecule has 1 fully saturated rings. The van der Waals surface area contributed by atoms with Crippen LogP contribution in [0.2, 0.25) is 0 Å². The molecule has 5 nitrogen and oxygen atoms in total. The molecule has 220 valence electrons. The first kappa shape index (κ1) is 35.8. The Labute approximate surface area is 245 Å². The quantitative estimate of drug-likeness (QED) is 0.0417. The molecule has 9 heteroatoms. The highest BCUT2D eigenvalue weighted by molar-refractivity contribution is 9.00. The summed E-state index contributed by atoms with van der Waals surface area (Å²) in [7, 11) is 0. The third-order valence-corrected chi connectivity index (χ3v) is 16.2. The van der Waals surface area contributed by atoms with Gasteiger partial charge in [0.2, 0.25) is 0 Å². The van der Waals surface area contributed by atoms with Gasteiger partial charge in [0.1, 0.15) is 6.61 Å². The lowest BCUT2D eigenvalue weighted by molar-refractivity contribution is -0.160. The SMILES string of the molecule is C=CCCCCCCCCCC(=O)OC[C@H](COP1(=S)SCCS1)OC(=O)CCCCCCCCCC=C. The smallest absolute Gasteiger partial charge is 0.306 e. The fourth-order valence-corrected chi connectivity index (χ4v) is 13.0. The van der Waals surface area contributed by atoms with Gasteiger partial charge < -0.3 is 14.0 Å². The van der Waals surface area contributed by atoms with Crippen LogP contribution < -0.4 is 0 Å². The van der Waals surface area contributed by atoms with E-state index < -0.39 is 10.8 Å². The Hall–Kier alpha value is -0.270. The zero-order valence-corrected chi connectivity index (χ0v) is 26.8. The molecule has 1 aliphatic rings. The maximum Gasteiger partial charge on any atom is 0.306 e. The van der Waals surface area contributed by atoms with Gasteiger partial charge in [0.25, 0.3) is 0 Å². The van der Waals surface area contributed by atoms with E-state index >= 15 is 0 Å². The lowest BCUT2D eigenvalue weighted by Crippen LogP contribution is -2.29.